The zero-order valence-corrected chi connectivity index (χ0v) is 12.9. The van der Waals surface area contributed by atoms with Gasteiger partial charge in [-0.2, -0.15) is 0 Å². The molecule has 1 aliphatic carbocycles. The van der Waals surface area contributed by atoms with Crippen LogP contribution in [-0.4, -0.2) is 6.23 Å². The van der Waals surface area contributed by atoms with Crippen LogP contribution < -0.4 is 5.73 Å². The zero-order chi connectivity index (χ0) is 13.8. The Kier molecular flexibility index (Phi) is 4.88. The van der Waals surface area contributed by atoms with Crippen LogP contribution in [0.1, 0.15) is 33.1 Å². The molecule has 0 fully saturated rings. The standard InChI is InChI=1S/C15H20BrNO2/c1-3-10(2)9-14(17)18-12-6-4-5-11-7-8-13(16)19-15(11)12/h4,6-8,10,14H,3,5,9,17H2,1-2H3. The number of nitrogens with two attached hydrogens (primary N) is 1. The largest absolute Gasteiger partial charge is 0.472 e. The molecule has 0 aromatic heterocycles. The van der Waals surface area contributed by atoms with Gasteiger partial charge in [-0.3, -0.25) is 5.73 Å². The van der Waals surface area contributed by atoms with E-state index in [0.29, 0.717) is 10.6 Å². The molecule has 0 aromatic rings. The molecule has 104 valence electrons. The maximum atomic E-state index is 6.05. The van der Waals surface area contributed by atoms with E-state index in [4.69, 9.17) is 15.2 Å². The first-order valence-electron chi connectivity index (χ1n) is 6.67. The second-order valence-electron chi connectivity index (χ2n) is 4.97. The highest BCUT2D eigenvalue weighted by Crippen LogP contribution is 2.33. The van der Waals surface area contributed by atoms with E-state index >= 15 is 0 Å². The van der Waals surface area contributed by atoms with Crippen molar-refractivity contribution in [3.05, 3.63) is 46.1 Å². The molecule has 0 spiro atoms. The van der Waals surface area contributed by atoms with Gasteiger partial charge in [-0.05, 0) is 40.4 Å². The van der Waals surface area contributed by atoms with E-state index in [9.17, 15) is 0 Å². The van der Waals surface area contributed by atoms with E-state index in [1.807, 2.05) is 18.2 Å². The lowest BCUT2D eigenvalue weighted by Gasteiger charge is -2.24. The maximum absolute atomic E-state index is 6.05. The summed E-state index contributed by atoms with van der Waals surface area (Å²) in [7, 11) is 0. The van der Waals surface area contributed by atoms with Crippen molar-refractivity contribution in [1.29, 1.82) is 0 Å². The van der Waals surface area contributed by atoms with Crippen molar-refractivity contribution in [2.45, 2.75) is 39.3 Å². The topological polar surface area (TPSA) is 44.5 Å². The summed E-state index contributed by atoms with van der Waals surface area (Å²) in [5, 5.41) is 0. The van der Waals surface area contributed by atoms with E-state index in [0.717, 1.165) is 36.4 Å². The molecule has 0 aromatic carbocycles. The summed E-state index contributed by atoms with van der Waals surface area (Å²) in [5.74, 6) is 2.05. The summed E-state index contributed by atoms with van der Waals surface area (Å²) >= 11 is 3.34. The fourth-order valence-electron chi connectivity index (χ4n) is 2.04. The number of ether oxygens (including phenoxy) is 2. The molecule has 19 heavy (non-hydrogen) atoms. The van der Waals surface area contributed by atoms with Crippen molar-refractivity contribution in [3.8, 4) is 0 Å². The Morgan fingerprint density at radius 1 is 1.47 bits per heavy atom. The lowest BCUT2D eigenvalue weighted by Crippen LogP contribution is -2.26. The van der Waals surface area contributed by atoms with E-state index < -0.39 is 0 Å². The maximum Gasteiger partial charge on any atom is 0.173 e. The van der Waals surface area contributed by atoms with Gasteiger partial charge in [0.15, 0.2) is 16.2 Å². The summed E-state index contributed by atoms with van der Waals surface area (Å²) in [6.45, 7) is 4.34. The first-order chi connectivity index (χ1) is 9.10. The van der Waals surface area contributed by atoms with Gasteiger partial charge in [-0.15, -0.1) is 0 Å². The Labute approximate surface area is 123 Å². The van der Waals surface area contributed by atoms with E-state index in [-0.39, 0.29) is 6.23 Å². The predicted octanol–water partition coefficient (Wildman–Crippen LogP) is 4.09. The number of halogens is 1. The number of rotatable bonds is 5. The molecule has 0 saturated carbocycles. The molecule has 2 aliphatic rings. The third-order valence-electron chi connectivity index (χ3n) is 3.35. The van der Waals surface area contributed by atoms with Crippen molar-refractivity contribution in [2.24, 2.45) is 11.7 Å². The highest BCUT2D eigenvalue weighted by molar-refractivity contribution is 9.11. The minimum absolute atomic E-state index is 0.297. The Morgan fingerprint density at radius 2 is 2.26 bits per heavy atom. The molecular weight excluding hydrogens is 306 g/mol. The highest BCUT2D eigenvalue weighted by Gasteiger charge is 2.22. The van der Waals surface area contributed by atoms with Gasteiger partial charge in [-0.25, -0.2) is 0 Å². The second kappa shape index (κ2) is 6.44. The minimum Gasteiger partial charge on any atom is -0.472 e. The summed E-state index contributed by atoms with van der Waals surface area (Å²) in [4.78, 5) is 0. The van der Waals surface area contributed by atoms with Crippen LogP contribution in [0.25, 0.3) is 0 Å². The van der Waals surface area contributed by atoms with E-state index in [2.05, 4.69) is 35.9 Å². The molecule has 3 nitrogen and oxygen atoms in total. The number of allylic oxidation sites excluding steroid dienone is 5. The molecule has 0 radical (unpaired) electrons. The number of hydrogen-bond acceptors (Lipinski definition) is 3. The average Bonchev–Trinajstić information content (AvgIpc) is 2.39. The van der Waals surface area contributed by atoms with Crippen molar-refractivity contribution in [3.63, 3.8) is 0 Å². The lowest BCUT2D eigenvalue weighted by atomic mass is 10.0. The van der Waals surface area contributed by atoms with Gasteiger partial charge in [0.2, 0.25) is 0 Å². The van der Waals surface area contributed by atoms with Crippen molar-refractivity contribution in [2.75, 3.05) is 0 Å². The smallest absolute Gasteiger partial charge is 0.173 e. The summed E-state index contributed by atoms with van der Waals surface area (Å²) in [5.41, 5.74) is 7.17. The molecule has 4 heteroatoms. The molecular formula is C15H20BrNO2. The number of hydrogen-bond donors (Lipinski definition) is 1. The molecule has 1 aliphatic heterocycles. The molecule has 2 atom stereocenters. The van der Waals surface area contributed by atoms with Crippen molar-refractivity contribution >= 4 is 15.9 Å². The van der Waals surface area contributed by atoms with Crippen LogP contribution in [0.4, 0.5) is 0 Å². The first kappa shape index (κ1) is 14.4. The van der Waals surface area contributed by atoms with Crippen LogP contribution >= 0.6 is 15.9 Å². The fraction of sp³-hybridized carbons (Fsp3) is 0.467. The molecule has 1 heterocycles. The second-order valence-corrected chi connectivity index (χ2v) is 5.75. The predicted molar refractivity (Wildman–Crippen MR) is 80.1 cm³/mol. The third-order valence-corrected chi connectivity index (χ3v) is 3.77. The van der Waals surface area contributed by atoms with Gasteiger partial charge in [0.25, 0.3) is 0 Å². The Balaban J connectivity index is 2.08. The van der Waals surface area contributed by atoms with Crippen LogP contribution in [0, 0.1) is 5.92 Å². The third kappa shape index (κ3) is 3.74. The fourth-order valence-corrected chi connectivity index (χ4v) is 2.34. The molecule has 2 N–H and O–H groups in total. The average molecular weight is 326 g/mol. The number of fused-ring (bicyclic) bond motifs is 1. The molecule has 0 bridgehead atoms. The van der Waals surface area contributed by atoms with Crippen molar-refractivity contribution in [1.82, 2.24) is 0 Å². The van der Waals surface area contributed by atoms with Gasteiger partial charge < -0.3 is 9.47 Å². The van der Waals surface area contributed by atoms with Crippen LogP contribution in [0.2, 0.25) is 0 Å². The Bertz CT molecular complexity index is 463. The van der Waals surface area contributed by atoms with Crippen molar-refractivity contribution < 1.29 is 9.47 Å². The monoisotopic (exact) mass is 325 g/mol. The minimum atomic E-state index is -0.297. The summed E-state index contributed by atoms with van der Waals surface area (Å²) in [6.07, 6.45) is 10.5. The quantitative estimate of drug-likeness (QED) is 0.774. The van der Waals surface area contributed by atoms with Crippen LogP contribution in [0.5, 0.6) is 0 Å². The highest BCUT2D eigenvalue weighted by atomic mass is 79.9. The van der Waals surface area contributed by atoms with Gasteiger partial charge >= 0.3 is 0 Å². The van der Waals surface area contributed by atoms with Crippen LogP contribution in [0.3, 0.4) is 0 Å². The molecule has 2 rings (SSSR count). The summed E-state index contributed by atoms with van der Waals surface area (Å²) in [6, 6.07) is 0. The van der Waals surface area contributed by atoms with Crippen LogP contribution in [0.15, 0.2) is 46.1 Å². The molecule has 0 saturated heterocycles. The van der Waals surface area contributed by atoms with Crippen LogP contribution in [-0.2, 0) is 9.47 Å². The van der Waals surface area contributed by atoms with Gasteiger partial charge in [-0.1, -0.05) is 32.4 Å². The molecule has 0 amide bonds. The zero-order valence-electron chi connectivity index (χ0n) is 11.4. The first-order valence-corrected chi connectivity index (χ1v) is 7.47. The van der Waals surface area contributed by atoms with E-state index in [1.54, 1.807) is 0 Å². The molecule has 2 unspecified atom stereocenters. The Hall–Kier alpha value is -1.00. The van der Waals surface area contributed by atoms with Gasteiger partial charge in [0, 0.05) is 12.0 Å². The lowest BCUT2D eigenvalue weighted by molar-refractivity contribution is 0.0961. The SMILES string of the molecule is CCC(C)CC(N)OC1=C2OC(Br)=CC=C2CC=C1. The van der Waals surface area contributed by atoms with E-state index in [1.165, 1.54) is 0 Å². The Morgan fingerprint density at radius 3 is 3.00 bits per heavy atom. The van der Waals surface area contributed by atoms with Gasteiger partial charge in [0.05, 0.1) is 0 Å². The normalized spacial score (nSPS) is 21.1. The summed E-state index contributed by atoms with van der Waals surface area (Å²) < 4.78 is 12.2. The van der Waals surface area contributed by atoms with Gasteiger partial charge in [0.1, 0.15) is 6.23 Å².